The number of carbonyl (C=O) groups is 3. The summed E-state index contributed by atoms with van der Waals surface area (Å²) in [4.78, 5) is 50.7. The van der Waals surface area contributed by atoms with Crippen molar-refractivity contribution < 1.29 is 23.9 Å². The molecule has 11 heteroatoms. The van der Waals surface area contributed by atoms with Crippen LogP contribution in [0.5, 0.6) is 11.5 Å². The van der Waals surface area contributed by atoms with Crippen LogP contribution in [0.1, 0.15) is 11.3 Å². The molecule has 3 amide bonds. The van der Waals surface area contributed by atoms with Gasteiger partial charge in [0.15, 0.2) is 11.5 Å². The van der Waals surface area contributed by atoms with Crippen LogP contribution in [-0.2, 0) is 16.0 Å². The topological polar surface area (TPSA) is 131 Å². The quantitative estimate of drug-likeness (QED) is 0.515. The Bertz CT molecular complexity index is 1420. The summed E-state index contributed by atoms with van der Waals surface area (Å²) in [6.07, 6.45) is 1.57. The average molecular weight is 478 g/mol. The zero-order valence-corrected chi connectivity index (χ0v) is 18.5. The Hall–Kier alpha value is -4.12. The number of ether oxygens (including phenoxy) is 2. The van der Waals surface area contributed by atoms with Gasteiger partial charge in [0.2, 0.25) is 12.7 Å². The van der Waals surface area contributed by atoms with Crippen molar-refractivity contribution in [3.8, 4) is 11.5 Å². The summed E-state index contributed by atoms with van der Waals surface area (Å²) in [6.45, 7) is 0.277. The van der Waals surface area contributed by atoms with Gasteiger partial charge in [0, 0.05) is 18.5 Å². The zero-order valence-electron chi connectivity index (χ0n) is 17.7. The number of rotatable bonds is 6. The van der Waals surface area contributed by atoms with Crippen LogP contribution >= 0.6 is 11.8 Å². The van der Waals surface area contributed by atoms with Crippen molar-refractivity contribution in [2.45, 2.75) is 6.42 Å². The van der Waals surface area contributed by atoms with Gasteiger partial charge < -0.3 is 14.8 Å². The first kappa shape index (κ1) is 21.7. The number of nitrogens with one attached hydrogen (secondary N) is 2. The van der Waals surface area contributed by atoms with Gasteiger partial charge in [-0.25, -0.2) is 5.10 Å². The van der Waals surface area contributed by atoms with Crippen LogP contribution in [0.3, 0.4) is 0 Å². The molecule has 2 aliphatic rings. The Morgan fingerprint density at radius 3 is 2.76 bits per heavy atom. The van der Waals surface area contributed by atoms with E-state index in [0.717, 1.165) is 16.7 Å². The van der Waals surface area contributed by atoms with Gasteiger partial charge in [-0.2, -0.15) is 5.10 Å². The summed E-state index contributed by atoms with van der Waals surface area (Å²) >= 11 is 0.844. The third-order valence-corrected chi connectivity index (χ3v) is 6.24. The highest BCUT2D eigenvalue weighted by Gasteiger charge is 2.34. The van der Waals surface area contributed by atoms with Gasteiger partial charge in [0.25, 0.3) is 16.7 Å². The summed E-state index contributed by atoms with van der Waals surface area (Å²) in [5.41, 5.74) is 0.821. The molecule has 2 aromatic carbocycles. The molecule has 3 heterocycles. The monoisotopic (exact) mass is 478 g/mol. The van der Waals surface area contributed by atoms with Crippen molar-refractivity contribution in [1.82, 2.24) is 20.4 Å². The van der Waals surface area contributed by atoms with Crippen molar-refractivity contribution >= 4 is 45.7 Å². The molecule has 0 spiro atoms. The number of carbonyl (C=O) groups excluding carboxylic acids is 3. The number of fused-ring (bicyclic) bond motifs is 2. The van der Waals surface area contributed by atoms with Crippen molar-refractivity contribution in [2.24, 2.45) is 0 Å². The van der Waals surface area contributed by atoms with E-state index in [1.807, 2.05) is 0 Å². The normalized spacial score (nSPS) is 16.0. The zero-order chi connectivity index (χ0) is 23.7. The SMILES string of the molecule is O=C(Cc1n[nH]c(=O)c2ccccc12)NCCN1C(=O)S/C(=C\c2ccc3c(c2)OCO3)C1=O. The van der Waals surface area contributed by atoms with Crippen LogP contribution in [-0.4, -0.2) is 52.0 Å². The lowest BCUT2D eigenvalue weighted by Gasteiger charge is -2.13. The number of hydrogen-bond acceptors (Lipinski definition) is 8. The number of imide groups is 1. The van der Waals surface area contributed by atoms with Crippen LogP contribution in [0.15, 0.2) is 52.2 Å². The molecule has 0 radical (unpaired) electrons. The molecule has 0 atom stereocenters. The van der Waals surface area contributed by atoms with Gasteiger partial charge in [-0.15, -0.1) is 0 Å². The fourth-order valence-electron chi connectivity index (χ4n) is 3.67. The molecule has 0 unspecified atom stereocenters. The van der Waals surface area contributed by atoms with Crippen molar-refractivity contribution in [3.63, 3.8) is 0 Å². The van der Waals surface area contributed by atoms with Crippen molar-refractivity contribution in [1.29, 1.82) is 0 Å². The van der Waals surface area contributed by atoms with Crippen molar-refractivity contribution in [3.05, 3.63) is 69.0 Å². The third kappa shape index (κ3) is 4.25. The molecule has 1 aromatic heterocycles. The number of aromatic nitrogens is 2. The lowest BCUT2D eigenvalue weighted by Crippen LogP contribution is -2.37. The van der Waals surface area contributed by atoms with Gasteiger partial charge in [-0.1, -0.05) is 24.3 Å². The second-order valence-corrected chi connectivity index (χ2v) is 8.51. The Labute approximate surface area is 196 Å². The Morgan fingerprint density at radius 2 is 1.91 bits per heavy atom. The fraction of sp³-hybridized carbons (Fsp3) is 0.174. The minimum absolute atomic E-state index is 0.0364. The molecule has 172 valence electrons. The van der Waals surface area contributed by atoms with Gasteiger partial charge in [-0.3, -0.25) is 24.1 Å². The van der Waals surface area contributed by atoms with E-state index in [1.165, 1.54) is 0 Å². The van der Waals surface area contributed by atoms with E-state index < -0.39 is 11.1 Å². The van der Waals surface area contributed by atoms with Gasteiger partial charge in [0.05, 0.1) is 22.4 Å². The standard InChI is InChI=1S/C23H18N4O6S/c28-20(11-16-14-3-1-2-4-15(14)21(29)26-25-16)24-7-8-27-22(30)19(34-23(27)31)10-13-5-6-17-18(9-13)33-12-32-17/h1-6,9-10H,7-8,11-12H2,(H,24,28)(H,26,29)/b19-10-. The van der Waals surface area contributed by atoms with Gasteiger partial charge >= 0.3 is 0 Å². The first-order valence-electron chi connectivity index (χ1n) is 10.4. The first-order chi connectivity index (χ1) is 16.5. The maximum atomic E-state index is 12.7. The third-order valence-electron chi connectivity index (χ3n) is 5.33. The van der Waals surface area contributed by atoms with Crippen LogP contribution in [0.2, 0.25) is 0 Å². The number of nitrogens with zero attached hydrogens (tertiary/aromatic N) is 2. The lowest BCUT2D eigenvalue weighted by molar-refractivity contribution is -0.124. The van der Waals surface area contributed by atoms with E-state index in [1.54, 1.807) is 48.5 Å². The average Bonchev–Trinajstić information content (AvgIpc) is 3.40. The molecule has 1 saturated heterocycles. The number of thioether (sulfide) groups is 1. The number of hydrogen-bond donors (Lipinski definition) is 2. The summed E-state index contributed by atoms with van der Waals surface area (Å²) in [6, 6.07) is 12.2. The molecular weight excluding hydrogens is 460 g/mol. The van der Waals surface area contributed by atoms with Crippen LogP contribution in [0.25, 0.3) is 16.8 Å². The van der Waals surface area contributed by atoms with Gasteiger partial charge in [0.1, 0.15) is 0 Å². The molecule has 3 aromatic rings. The van der Waals surface area contributed by atoms with E-state index in [4.69, 9.17) is 9.47 Å². The summed E-state index contributed by atoms with van der Waals surface area (Å²) in [7, 11) is 0. The Kier molecular flexibility index (Phi) is 5.76. The number of benzene rings is 2. The fourth-order valence-corrected chi connectivity index (χ4v) is 4.54. The molecule has 0 saturated carbocycles. The van der Waals surface area contributed by atoms with E-state index >= 15 is 0 Å². The highest BCUT2D eigenvalue weighted by Crippen LogP contribution is 2.36. The molecule has 0 aliphatic carbocycles. The number of aromatic amines is 1. The van der Waals surface area contributed by atoms with E-state index in [9.17, 15) is 19.2 Å². The van der Waals surface area contributed by atoms with Crippen molar-refractivity contribution in [2.75, 3.05) is 19.9 Å². The van der Waals surface area contributed by atoms with Crippen LogP contribution < -0.4 is 20.3 Å². The van der Waals surface area contributed by atoms with Gasteiger partial charge in [-0.05, 0) is 41.6 Å². The van der Waals surface area contributed by atoms with Crippen LogP contribution in [0, 0.1) is 0 Å². The second kappa shape index (κ2) is 9.02. The van der Waals surface area contributed by atoms with E-state index in [-0.39, 0.29) is 37.8 Å². The molecular formula is C23H18N4O6S. The largest absolute Gasteiger partial charge is 0.454 e. The Balaban J connectivity index is 1.19. The minimum Gasteiger partial charge on any atom is -0.454 e. The number of H-pyrrole nitrogens is 1. The summed E-state index contributed by atoms with van der Waals surface area (Å²) < 4.78 is 10.6. The molecule has 1 fully saturated rings. The molecule has 2 N–H and O–H groups in total. The Morgan fingerprint density at radius 1 is 1.12 bits per heavy atom. The predicted molar refractivity (Wildman–Crippen MR) is 124 cm³/mol. The molecule has 10 nitrogen and oxygen atoms in total. The predicted octanol–water partition coefficient (Wildman–Crippen LogP) is 2.05. The maximum Gasteiger partial charge on any atom is 0.293 e. The first-order valence-corrected chi connectivity index (χ1v) is 11.2. The smallest absolute Gasteiger partial charge is 0.293 e. The minimum atomic E-state index is -0.421. The highest BCUT2D eigenvalue weighted by atomic mass is 32.2. The van der Waals surface area contributed by atoms with E-state index in [0.29, 0.717) is 38.4 Å². The summed E-state index contributed by atoms with van der Waals surface area (Å²) in [5, 5.41) is 9.72. The number of amides is 3. The molecule has 5 rings (SSSR count). The van der Waals surface area contributed by atoms with E-state index in [2.05, 4.69) is 15.5 Å². The molecule has 0 bridgehead atoms. The maximum absolute atomic E-state index is 12.7. The summed E-state index contributed by atoms with van der Waals surface area (Å²) in [5.74, 6) is 0.453. The molecule has 2 aliphatic heterocycles. The van der Waals surface area contributed by atoms with Crippen LogP contribution in [0.4, 0.5) is 4.79 Å². The molecule has 34 heavy (non-hydrogen) atoms. The lowest BCUT2D eigenvalue weighted by atomic mass is 10.1. The highest BCUT2D eigenvalue weighted by molar-refractivity contribution is 8.18. The second-order valence-electron chi connectivity index (χ2n) is 7.52.